The Bertz CT molecular complexity index is 753. The lowest BCUT2D eigenvalue weighted by atomic mass is 9.91. The van der Waals surface area contributed by atoms with Crippen LogP contribution in [0.2, 0.25) is 0 Å². The predicted octanol–water partition coefficient (Wildman–Crippen LogP) is 3.00. The molecule has 1 aromatic heterocycles. The Morgan fingerprint density at radius 1 is 1.12 bits per heavy atom. The van der Waals surface area contributed by atoms with E-state index in [1.807, 2.05) is 56.3 Å². The van der Waals surface area contributed by atoms with Crippen molar-refractivity contribution in [1.82, 2.24) is 15.3 Å². The third kappa shape index (κ3) is 4.71. The zero-order chi connectivity index (χ0) is 18.5. The zero-order valence-corrected chi connectivity index (χ0v) is 15.7. The molecule has 3 rings (SSSR count). The van der Waals surface area contributed by atoms with E-state index in [4.69, 9.17) is 0 Å². The minimum atomic E-state index is 0.0205. The summed E-state index contributed by atoms with van der Waals surface area (Å²) in [7, 11) is 3.93. The molecule has 26 heavy (non-hydrogen) atoms. The topological polar surface area (TPSA) is 70.2 Å². The number of anilines is 2. The Hall–Kier alpha value is -2.63. The van der Waals surface area contributed by atoms with Gasteiger partial charge in [0.15, 0.2) is 0 Å². The van der Waals surface area contributed by atoms with Crippen LogP contribution in [0, 0.1) is 6.92 Å². The van der Waals surface area contributed by atoms with E-state index < -0.39 is 0 Å². The molecule has 2 N–H and O–H groups in total. The highest BCUT2D eigenvalue weighted by atomic mass is 16.1. The van der Waals surface area contributed by atoms with Crippen molar-refractivity contribution in [2.75, 3.05) is 24.3 Å². The Morgan fingerprint density at radius 3 is 2.54 bits per heavy atom. The molecule has 2 aromatic rings. The van der Waals surface area contributed by atoms with E-state index in [0.29, 0.717) is 12.0 Å². The minimum Gasteiger partial charge on any atom is -0.363 e. The molecule has 0 saturated heterocycles. The lowest BCUT2D eigenvalue weighted by molar-refractivity contribution is 0.0926. The van der Waals surface area contributed by atoms with Gasteiger partial charge in [-0.15, -0.1) is 0 Å². The van der Waals surface area contributed by atoms with Crippen molar-refractivity contribution in [2.45, 2.75) is 44.7 Å². The van der Waals surface area contributed by atoms with E-state index in [9.17, 15) is 4.79 Å². The summed E-state index contributed by atoms with van der Waals surface area (Å²) in [5.74, 6) is 1.58. The van der Waals surface area contributed by atoms with Crippen molar-refractivity contribution in [3.05, 3.63) is 47.7 Å². The van der Waals surface area contributed by atoms with Crippen LogP contribution >= 0.6 is 0 Å². The summed E-state index contributed by atoms with van der Waals surface area (Å²) < 4.78 is 0. The Morgan fingerprint density at radius 2 is 1.85 bits per heavy atom. The molecule has 0 bridgehead atoms. The third-order valence-electron chi connectivity index (χ3n) is 4.77. The Balaban J connectivity index is 1.50. The molecule has 6 heteroatoms. The van der Waals surface area contributed by atoms with Gasteiger partial charge in [0, 0.05) is 37.9 Å². The van der Waals surface area contributed by atoms with Crippen molar-refractivity contribution in [3.63, 3.8) is 0 Å². The SMILES string of the molecule is Cc1cccc(C(=O)NC2CCC(Nc3nccc(N(C)C)n3)CC2)c1. The second-order valence-electron chi connectivity index (χ2n) is 7.17. The zero-order valence-electron chi connectivity index (χ0n) is 15.7. The molecule has 0 spiro atoms. The smallest absolute Gasteiger partial charge is 0.251 e. The van der Waals surface area contributed by atoms with Gasteiger partial charge in [0.2, 0.25) is 5.95 Å². The first-order chi connectivity index (χ1) is 12.5. The molecule has 138 valence electrons. The maximum Gasteiger partial charge on any atom is 0.251 e. The number of hydrogen-bond donors (Lipinski definition) is 2. The lowest BCUT2D eigenvalue weighted by Gasteiger charge is -2.29. The monoisotopic (exact) mass is 353 g/mol. The first-order valence-corrected chi connectivity index (χ1v) is 9.15. The van der Waals surface area contributed by atoms with Crippen molar-refractivity contribution in [2.24, 2.45) is 0 Å². The van der Waals surface area contributed by atoms with Crippen molar-refractivity contribution in [3.8, 4) is 0 Å². The normalized spacial score (nSPS) is 19.7. The number of aromatic nitrogens is 2. The molecule has 1 aromatic carbocycles. The quantitative estimate of drug-likeness (QED) is 0.865. The number of amides is 1. The van der Waals surface area contributed by atoms with Gasteiger partial charge < -0.3 is 15.5 Å². The lowest BCUT2D eigenvalue weighted by Crippen LogP contribution is -2.40. The van der Waals surface area contributed by atoms with Gasteiger partial charge in [-0.3, -0.25) is 4.79 Å². The largest absolute Gasteiger partial charge is 0.363 e. The molecule has 1 saturated carbocycles. The van der Waals surface area contributed by atoms with Crippen molar-refractivity contribution < 1.29 is 4.79 Å². The number of rotatable bonds is 5. The van der Waals surface area contributed by atoms with Crippen LogP contribution in [0.4, 0.5) is 11.8 Å². The molecule has 0 radical (unpaired) electrons. The van der Waals surface area contributed by atoms with Gasteiger partial charge in [0.1, 0.15) is 5.82 Å². The Labute approximate surface area is 155 Å². The molecule has 1 heterocycles. The average molecular weight is 353 g/mol. The predicted molar refractivity (Wildman–Crippen MR) is 105 cm³/mol. The highest BCUT2D eigenvalue weighted by molar-refractivity contribution is 5.94. The van der Waals surface area contributed by atoms with Crippen LogP contribution in [0.3, 0.4) is 0 Å². The highest BCUT2D eigenvalue weighted by Gasteiger charge is 2.23. The number of carbonyl (C=O) groups is 1. The fourth-order valence-corrected chi connectivity index (χ4v) is 3.29. The fourth-order valence-electron chi connectivity index (χ4n) is 3.29. The van der Waals surface area contributed by atoms with Crippen molar-refractivity contribution in [1.29, 1.82) is 0 Å². The van der Waals surface area contributed by atoms with Gasteiger partial charge in [-0.2, -0.15) is 4.98 Å². The molecule has 1 amide bonds. The maximum atomic E-state index is 12.4. The van der Waals surface area contributed by atoms with Crippen LogP contribution in [-0.4, -0.2) is 42.1 Å². The first kappa shape index (κ1) is 18.2. The second-order valence-corrected chi connectivity index (χ2v) is 7.17. The summed E-state index contributed by atoms with van der Waals surface area (Å²) in [6.07, 6.45) is 5.69. The number of carbonyl (C=O) groups excluding carboxylic acids is 1. The number of benzene rings is 1. The molecule has 0 atom stereocenters. The highest BCUT2D eigenvalue weighted by Crippen LogP contribution is 2.22. The van der Waals surface area contributed by atoms with Crippen LogP contribution in [0.15, 0.2) is 36.5 Å². The van der Waals surface area contributed by atoms with Crippen LogP contribution < -0.4 is 15.5 Å². The molecule has 6 nitrogen and oxygen atoms in total. The molecule has 1 aliphatic rings. The van der Waals surface area contributed by atoms with Crippen LogP contribution in [0.1, 0.15) is 41.6 Å². The molecule has 1 aliphatic carbocycles. The molecule has 0 aliphatic heterocycles. The van der Waals surface area contributed by atoms with Crippen molar-refractivity contribution >= 4 is 17.7 Å². The molecule has 1 fully saturated rings. The minimum absolute atomic E-state index is 0.0205. The summed E-state index contributed by atoms with van der Waals surface area (Å²) in [5.41, 5.74) is 1.84. The van der Waals surface area contributed by atoms with Gasteiger partial charge in [-0.25, -0.2) is 4.98 Å². The molecule has 0 unspecified atom stereocenters. The van der Waals surface area contributed by atoms with Crippen LogP contribution in [-0.2, 0) is 0 Å². The van der Waals surface area contributed by atoms with Gasteiger partial charge in [0.25, 0.3) is 5.91 Å². The van der Waals surface area contributed by atoms with Gasteiger partial charge >= 0.3 is 0 Å². The summed E-state index contributed by atoms with van der Waals surface area (Å²) >= 11 is 0. The summed E-state index contributed by atoms with van der Waals surface area (Å²) in [5, 5.41) is 6.59. The summed E-state index contributed by atoms with van der Waals surface area (Å²) in [6, 6.07) is 10.2. The van der Waals surface area contributed by atoms with E-state index in [0.717, 1.165) is 42.6 Å². The average Bonchev–Trinajstić information content (AvgIpc) is 2.63. The van der Waals surface area contributed by atoms with Gasteiger partial charge in [-0.1, -0.05) is 17.7 Å². The third-order valence-corrected chi connectivity index (χ3v) is 4.77. The number of hydrogen-bond acceptors (Lipinski definition) is 5. The van der Waals surface area contributed by atoms with Gasteiger partial charge in [0.05, 0.1) is 0 Å². The van der Waals surface area contributed by atoms with Crippen LogP contribution in [0.25, 0.3) is 0 Å². The van der Waals surface area contributed by atoms with E-state index in [2.05, 4.69) is 20.6 Å². The standard InChI is InChI=1S/C20H27N5O/c1-14-5-4-6-15(13-14)19(26)22-16-7-9-17(10-8-16)23-20-21-12-11-18(24-20)25(2)3/h4-6,11-13,16-17H,7-10H2,1-3H3,(H,22,26)(H,21,23,24). The first-order valence-electron chi connectivity index (χ1n) is 9.15. The number of aryl methyl sites for hydroxylation is 1. The van der Waals surface area contributed by atoms with Crippen LogP contribution in [0.5, 0.6) is 0 Å². The second kappa shape index (κ2) is 8.17. The molecular formula is C20H27N5O. The summed E-state index contributed by atoms with van der Waals surface area (Å²) in [4.78, 5) is 23.2. The molecular weight excluding hydrogens is 326 g/mol. The fraction of sp³-hybridized carbons (Fsp3) is 0.450. The summed E-state index contributed by atoms with van der Waals surface area (Å²) in [6.45, 7) is 2.00. The number of nitrogens with one attached hydrogen (secondary N) is 2. The number of nitrogens with zero attached hydrogens (tertiary/aromatic N) is 3. The van der Waals surface area contributed by atoms with E-state index >= 15 is 0 Å². The van der Waals surface area contributed by atoms with E-state index in [-0.39, 0.29) is 11.9 Å². The van der Waals surface area contributed by atoms with E-state index in [1.165, 1.54) is 0 Å². The van der Waals surface area contributed by atoms with E-state index in [1.54, 1.807) is 6.20 Å². The Kier molecular flexibility index (Phi) is 5.71. The maximum absolute atomic E-state index is 12.4. The van der Waals surface area contributed by atoms with Gasteiger partial charge in [-0.05, 0) is 50.8 Å².